The van der Waals surface area contributed by atoms with Gasteiger partial charge in [-0.3, -0.25) is 0 Å². The van der Waals surface area contributed by atoms with Crippen LogP contribution in [0.1, 0.15) is 22.1 Å². The van der Waals surface area contributed by atoms with E-state index in [4.69, 9.17) is 0 Å². The summed E-state index contributed by atoms with van der Waals surface area (Å²) in [7, 11) is 0. The standard InChI is InChI=1S/C12H10BrFOS/c1-7-9(4-5-16-7)12(15)10-3-2-8(14)6-11(10)13/h2-6,12,15H,1H3. The molecular weight excluding hydrogens is 291 g/mol. The molecular formula is C12H10BrFOS. The molecule has 2 rings (SSSR count). The lowest BCUT2D eigenvalue weighted by Gasteiger charge is -2.12. The summed E-state index contributed by atoms with van der Waals surface area (Å²) >= 11 is 4.85. The Labute approximate surface area is 106 Å². The van der Waals surface area contributed by atoms with Crippen molar-refractivity contribution in [1.29, 1.82) is 0 Å². The Bertz CT molecular complexity index is 509. The van der Waals surface area contributed by atoms with Crippen molar-refractivity contribution in [2.24, 2.45) is 0 Å². The first-order valence-electron chi connectivity index (χ1n) is 4.76. The summed E-state index contributed by atoms with van der Waals surface area (Å²) in [6.45, 7) is 1.96. The van der Waals surface area contributed by atoms with Crippen LogP contribution in [0.5, 0.6) is 0 Å². The fraction of sp³-hybridized carbons (Fsp3) is 0.167. The van der Waals surface area contributed by atoms with Gasteiger partial charge in [-0.15, -0.1) is 11.3 Å². The van der Waals surface area contributed by atoms with Crippen LogP contribution in [0.25, 0.3) is 0 Å². The zero-order valence-corrected chi connectivity index (χ0v) is 11.0. The van der Waals surface area contributed by atoms with Gasteiger partial charge in [0.15, 0.2) is 0 Å². The first-order valence-corrected chi connectivity index (χ1v) is 6.44. The van der Waals surface area contributed by atoms with E-state index >= 15 is 0 Å². The summed E-state index contributed by atoms with van der Waals surface area (Å²) in [5, 5.41) is 12.1. The molecule has 0 spiro atoms. The molecule has 0 aliphatic heterocycles. The van der Waals surface area contributed by atoms with Gasteiger partial charge >= 0.3 is 0 Å². The molecule has 1 N–H and O–H groups in total. The van der Waals surface area contributed by atoms with Crippen LogP contribution in [0.2, 0.25) is 0 Å². The molecule has 1 aromatic carbocycles. The van der Waals surface area contributed by atoms with Gasteiger partial charge in [-0.25, -0.2) is 4.39 Å². The van der Waals surface area contributed by atoms with E-state index in [0.29, 0.717) is 10.0 Å². The number of rotatable bonds is 2. The fourth-order valence-electron chi connectivity index (χ4n) is 1.57. The highest BCUT2D eigenvalue weighted by molar-refractivity contribution is 9.10. The van der Waals surface area contributed by atoms with E-state index in [1.165, 1.54) is 12.1 Å². The minimum Gasteiger partial charge on any atom is -0.384 e. The predicted molar refractivity (Wildman–Crippen MR) is 67.2 cm³/mol. The number of hydrogen-bond donors (Lipinski definition) is 1. The molecule has 0 fully saturated rings. The Kier molecular flexibility index (Phi) is 3.42. The van der Waals surface area contributed by atoms with Gasteiger partial charge < -0.3 is 5.11 Å². The smallest absolute Gasteiger partial charge is 0.124 e. The van der Waals surface area contributed by atoms with Crippen LogP contribution < -0.4 is 0 Å². The van der Waals surface area contributed by atoms with Gasteiger partial charge in [0.05, 0.1) is 0 Å². The van der Waals surface area contributed by atoms with Crippen molar-refractivity contribution in [2.75, 3.05) is 0 Å². The Morgan fingerprint density at radius 2 is 2.06 bits per heavy atom. The van der Waals surface area contributed by atoms with Crippen molar-refractivity contribution in [2.45, 2.75) is 13.0 Å². The second kappa shape index (κ2) is 4.65. The maximum Gasteiger partial charge on any atom is 0.124 e. The molecule has 0 saturated heterocycles. The van der Waals surface area contributed by atoms with E-state index in [0.717, 1.165) is 10.4 Å². The topological polar surface area (TPSA) is 20.2 Å². The molecule has 1 unspecified atom stereocenters. The van der Waals surface area contributed by atoms with E-state index < -0.39 is 6.10 Å². The zero-order valence-electron chi connectivity index (χ0n) is 8.58. The highest BCUT2D eigenvalue weighted by Gasteiger charge is 2.16. The van der Waals surface area contributed by atoms with Crippen LogP contribution in [-0.2, 0) is 0 Å². The molecule has 1 heterocycles. The van der Waals surface area contributed by atoms with Crippen LogP contribution in [-0.4, -0.2) is 5.11 Å². The predicted octanol–water partition coefficient (Wildman–Crippen LogP) is 4.04. The molecule has 0 amide bonds. The van der Waals surface area contributed by atoms with Gasteiger partial charge in [0.25, 0.3) is 0 Å². The normalized spacial score (nSPS) is 12.8. The number of benzene rings is 1. The molecule has 16 heavy (non-hydrogen) atoms. The number of aryl methyl sites for hydroxylation is 1. The summed E-state index contributed by atoms with van der Waals surface area (Å²) in [4.78, 5) is 1.07. The summed E-state index contributed by atoms with van der Waals surface area (Å²) in [6.07, 6.45) is -0.707. The minimum absolute atomic E-state index is 0.315. The molecule has 0 radical (unpaired) electrons. The average Bonchev–Trinajstić information content (AvgIpc) is 2.63. The summed E-state index contributed by atoms with van der Waals surface area (Å²) in [5.74, 6) is -0.315. The Balaban J connectivity index is 2.41. The van der Waals surface area contributed by atoms with Gasteiger partial charge in [-0.1, -0.05) is 22.0 Å². The van der Waals surface area contributed by atoms with Crippen LogP contribution >= 0.6 is 27.3 Å². The van der Waals surface area contributed by atoms with E-state index in [9.17, 15) is 9.50 Å². The molecule has 1 nitrogen and oxygen atoms in total. The third-order valence-corrected chi connectivity index (χ3v) is 4.00. The number of aliphatic hydroxyl groups excluding tert-OH is 1. The number of aliphatic hydroxyl groups is 1. The van der Waals surface area contributed by atoms with Crippen molar-refractivity contribution >= 4 is 27.3 Å². The van der Waals surface area contributed by atoms with Crippen LogP contribution in [0.4, 0.5) is 4.39 Å². The first kappa shape index (κ1) is 11.8. The first-order chi connectivity index (χ1) is 7.59. The molecule has 2 aromatic rings. The van der Waals surface area contributed by atoms with Gasteiger partial charge in [0, 0.05) is 9.35 Å². The molecule has 0 aliphatic rings. The molecule has 0 saturated carbocycles. The molecule has 0 aliphatic carbocycles. The lowest BCUT2D eigenvalue weighted by molar-refractivity contribution is 0.219. The van der Waals surface area contributed by atoms with Crippen molar-refractivity contribution in [3.63, 3.8) is 0 Å². The molecule has 1 atom stereocenters. The highest BCUT2D eigenvalue weighted by Crippen LogP contribution is 2.32. The van der Waals surface area contributed by atoms with E-state index in [-0.39, 0.29) is 5.82 Å². The maximum absolute atomic E-state index is 12.9. The van der Waals surface area contributed by atoms with E-state index in [2.05, 4.69) is 15.9 Å². The maximum atomic E-state index is 12.9. The highest BCUT2D eigenvalue weighted by atomic mass is 79.9. The lowest BCUT2D eigenvalue weighted by atomic mass is 10.0. The molecule has 1 aromatic heterocycles. The summed E-state index contributed by atoms with van der Waals surface area (Å²) in [5.41, 5.74) is 1.56. The minimum atomic E-state index is -0.707. The number of hydrogen-bond acceptors (Lipinski definition) is 2. The van der Waals surface area contributed by atoms with E-state index in [1.807, 2.05) is 18.4 Å². The van der Waals surface area contributed by atoms with Crippen LogP contribution in [0, 0.1) is 12.7 Å². The monoisotopic (exact) mass is 300 g/mol. The van der Waals surface area contributed by atoms with Gasteiger partial charge in [0.1, 0.15) is 11.9 Å². The quantitative estimate of drug-likeness (QED) is 0.887. The summed E-state index contributed by atoms with van der Waals surface area (Å²) < 4.78 is 13.5. The number of halogens is 2. The van der Waals surface area contributed by atoms with Gasteiger partial charge in [0.2, 0.25) is 0 Å². The number of thiophene rings is 1. The van der Waals surface area contributed by atoms with Gasteiger partial charge in [-0.05, 0) is 41.6 Å². The van der Waals surface area contributed by atoms with Crippen LogP contribution in [0.3, 0.4) is 0 Å². The summed E-state index contributed by atoms with van der Waals surface area (Å²) in [6, 6.07) is 6.20. The molecule has 0 bridgehead atoms. The Morgan fingerprint density at radius 3 is 2.62 bits per heavy atom. The second-order valence-corrected chi connectivity index (χ2v) is 5.48. The van der Waals surface area contributed by atoms with Crippen molar-refractivity contribution in [1.82, 2.24) is 0 Å². The molecule has 84 valence electrons. The van der Waals surface area contributed by atoms with Crippen molar-refractivity contribution in [3.05, 3.63) is 55.9 Å². The Morgan fingerprint density at radius 1 is 1.31 bits per heavy atom. The molecule has 4 heteroatoms. The second-order valence-electron chi connectivity index (χ2n) is 3.50. The van der Waals surface area contributed by atoms with Crippen molar-refractivity contribution in [3.8, 4) is 0 Å². The van der Waals surface area contributed by atoms with Gasteiger partial charge in [-0.2, -0.15) is 0 Å². The third kappa shape index (κ3) is 2.19. The zero-order chi connectivity index (χ0) is 11.7. The van der Waals surface area contributed by atoms with E-state index in [1.54, 1.807) is 17.4 Å². The SMILES string of the molecule is Cc1sccc1C(O)c1ccc(F)cc1Br. The fourth-order valence-corrected chi connectivity index (χ4v) is 2.87. The average molecular weight is 301 g/mol. The lowest BCUT2D eigenvalue weighted by Crippen LogP contribution is -2.01. The van der Waals surface area contributed by atoms with Crippen molar-refractivity contribution < 1.29 is 9.50 Å². The van der Waals surface area contributed by atoms with Crippen LogP contribution in [0.15, 0.2) is 34.1 Å². The third-order valence-electron chi connectivity index (χ3n) is 2.45. The Hall–Kier alpha value is -0.710. The largest absolute Gasteiger partial charge is 0.384 e.